The maximum Gasteiger partial charge on any atom is 0.0391 e. The van der Waals surface area contributed by atoms with Crippen LogP contribution in [0, 0.1) is 13.8 Å². The minimum Gasteiger partial charge on any atom is -0.0826 e. The van der Waals surface area contributed by atoms with Gasteiger partial charge in [-0.3, -0.25) is 0 Å². The Morgan fingerprint density at radius 1 is 0.250 bits per heavy atom. The van der Waals surface area contributed by atoms with Crippen LogP contribution in [0.1, 0.15) is 11.1 Å². The first-order valence-corrected chi connectivity index (χ1v) is 24.4. The lowest BCUT2D eigenvalue weighted by Gasteiger charge is -2.32. The fourth-order valence-electron chi connectivity index (χ4n) is 7.20. The molecule has 0 atom stereocenters. The Labute approximate surface area is 342 Å². The Morgan fingerprint density at radius 3 is 0.607 bits per heavy atom. The summed E-state index contributed by atoms with van der Waals surface area (Å²) in [6, 6.07) is 76.1. The third kappa shape index (κ3) is 8.17. The molecule has 9 aromatic carbocycles. The normalized spacial score (nSPS) is 11.2. The highest BCUT2D eigenvalue weighted by Gasteiger charge is 2.34. The van der Waals surface area contributed by atoms with Gasteiger partial charge in [-0.1, -0.05) is 265 Å². The van der Waals surface area contributed by atoms with Crippen molar-refractivity contribution in [2.45, 2.75) is 13.8 Å². The number of hydrogen-bond donors (Lipinski definition) is 0. The fourth-order valence-corrected chi connectivity index (χ4v) is 16.0. The third-order valence-corrected chi connectivity index (χ3v) is 19.8. The molecular formula is C52H44P2S2. The molecule has 0 radical (unpaired) electrons. The molecule has 0 saturated heterocycles. The van der Waals surface area contributed by atoms with Gasteiger partial charge >= 0.3 is 0 Å². The number of hydrogen-bond acceptors (Lipinski definition) is 2. The molecule has 0 N–H and O–H groups in total. The van der Waals surface area contributed by atoms with E-state index < -0.39 is 12.1 Å². The largest absolute Gasteiger partial charge is 0.0826 e. The van der Waals surface area contributed by atoms with Crippen LogP contribution in [0.15, 0.2) is 231 Å². The van der Waals surface area contributed by atoms with Crippen molar-refractivity contribution >= 4 is 89.1 Å². The number of rotatable bonds is 6. The average Bonchev–Trinajstić information content (AvgIpc) is 3.27. The zero-order valence-electron chi connectivity index (χ0n) is 31.7. The maximum absolute atomic E-state index is 6.97. The van der Waals surface area contributed by atoms with E-state index in [0.717, 1.165) is 0 Å². The summed E-state index contributed by atoms with van der Waals surface area (Å²) in [5.74, 6) is 0. The second-order valence-electron chi connectivity index (χ2n) is 13.7. The lowest BCUT2D eigenvalue weighted by molar-refractivity contribution is 1.48. The van der Waals surface area contributed by atoms with E-state index in [9.17, 15) is 0 Å². The lowest BCUT2D eigenvalue weighted by atomic mass is 10.0. The molecule has 0 bridgehead atoms. The summed E-state index contributed by atoms with van der Waals surface area (Å²) in [5, 5.41) is 12.1. The second-order valence-corrected chi connectivity index (χ2v) is 22.3. The van der Waals surface area contributed by atoms with Crippen LogP contribution in [0.4, 0.5) is 0 Å². The van der Waals surface area contributed by atoms with Crippen LogP contribution in [-0.4, -0.2) is 0 Å². The van der Waals surface area contributed by atoms with Gasteiger partial charge in [0.1, 0.15) is 0 Å². The minimum atomic E-state index is -2.47. The number of fused-ring (bicyclic) bond motifs is 2. The van der Waals surface area contributed by atoms with Gasteiger partial charge in [-0.15, -0.1) is 0 Å². The van der Waals surface area contributed by atoms with Crippen LogP contribution in [0.3, 0.4) is 0 Å². The van der Waals surface area contributed by atoms with E-state index in [2.05, 4.69) is 208 Å². The molecule has 0 aliphatic rings. The van der Waals surface area contributed by atoms with Crippen molar-refractivity contribution in [2.75, 3.05) is 0 Å². The van der Waals surface area contributed by atoms with Gasteiger partial charge in [-0.05, 0) is 56.6 Å². The van der Waals surface area contributed by atoms with E-state index in [0.29, 0.717) is 0 Å². The molecule has 0 spiro atoms. The van der Waals surface area contributed by atoms with E-state index in [4.69, 9.17) is 23.6 Å². The molecule has 4 heteroatoms. The minimum absolute atomic E-state index is 1.19. The van der Waals surface area contributed by atoms with Crippen LogP contribution < -0.4 is 31.8 Å². The van der Waals surface area contributed by atoms with Crippen LogP contribution in [-0.2, 0) is 23.6 Å². The summed E-state index contributed by atoms with van der Waals surface area (Å²) < 4.78 is 0. The van der Waals surface area contributed by atoms with Crippen molar-refractivity contribution in [1.29, 1.82) is 0 Å². The Balaban J connectivity index is 0.000000288. The molecular weight excluding hydrogens is 751 g/mol. The molecule has 0 nitrogen and oxygen atoms in total. The third-order valence-electron chi connectivity index (χ3n) is 9.86. The number of aryl methyl sites for hydroxylation is 2. The van der Waals surface area contributed by atoms with Crippen molar-refractivity contribution in [1.82, 2.24) is 0 Å². The zero-order chi connectivity index (χ0) is 38.8. The molecule has 0 aromatic heterocycles. The SMILES string of the molecule is Cc1ccccc1.Cc1ccccc1.S=P(c1ccccc1)(c1ccccc1)c1c2ccccc2c(P(=S)(c2ccccc2)c2ccccc2)c2ccccc12. The first-order chi connectivity index (χ1) is 27.4. The van der Waals surface area contributed by atoms with Crippen molar-refractivity contribution in [3.8, 4) is 0 Å². The monoisotopic (exact) mass is 794 g/mol. The van der Waals surface area contributed by atoms with Crippen molar-refractivity contribution < 1.29 is 0 Å². The summed E-state index contributed by atoms with van der Waals surface area (Å²) in [4.78, 5) is 0. The predicted molar refractivity (Wildman–Crippen MR) is 256 cm³/mol. The molecule has 0 amide bonds. The van der Waals surface area contributed by atoms with Gasteiger partial charge in [-0.25, -0.2) is 0 Å². The van der Waals surface area contributed by atoms with Crippen LogP contribution in [0.2, 0.25) is 0 Å². The highest BCUT2D eigenvalue weighted by Crippen LogP contribution is 2.51. The van der Waals surface area contributed by atoms with Crippen molar-refractivity contribution in [2.24, 2.45) is 0 Å². The van der Waals surface area contributed by atoms with E-state index in [-0.39, 0.29) is 0 Å². The number of benzene rings is 9. The predicted octanol–water partition coefficient (Wildman–Crippen LogP) is 11.5. The molecule has 9 rings (SSSR count). The van der Waals surface area contributed by atoms with Crippen LogP contribution >= 0.6 is 12.1 Å². The topological polar surface area (TPSA) is 0 Å². The smallest absolute Gasteiger partial charge is 0.0391 e. The zero-order valence-corrected chi connectivity index (χ0v) is 35.1. The van der Waals surface area contributed by atoms with E-state index in [1.54, 1.807) is 0 Å². The molecule has 0 heterocycles. The molecule has 56 heavy (non-hydrogen) atoms. The lowest BCUT2D eigenvalue weighted by Crippen LogP contribution is -2.30. The Morgan fingerprint density at radius 2 is 0.429 bits per heavy atom. The van der Waals surface area contributed by atoms with E-state index in [1.165, 1.54) is 64.5 Å². The molecule has 0 unspecified atom stereocenters. The van der Waals surface area contributed by atoms with Gasteiger partial charge in [-0.2, -0.15) is 0 Å². The van der Waals surface area contributed by atoms with Crippen LogP contribution in [0.5, 0.6) is 0 Å². The quantitative estimate of drug-likeness (QED) is 0.121. The Kier molecular flexibility index (Phi) is 12.7. The molecule has 9 aromatic rings. The van der Waals surface area contributed by atoms with E-state index in [1.807, 2.05) is 36.4 Å². The Bertz CT molecular complexity index is 2400. The first-order valence-electron chi connectivity index (χ1n) is 18.8. The van der Waals surface area contributed by atoms with Crippen molar-refractivity contribution in [3.05, 3.63) is 242 Å². The first kappa shape index (κ1) is 39.1. The van der Waals surface area contributed by atoms with Gasteiger partial charge < -0.3 is 0 Å². The van der Waals surface area contributed by atoms with Crippen LogP contribution in [0.25, 0.3) is 21.5 Å². The van der Waals surface area contributed by atoms with Gasteiger partial charge in [0.2, 0.25) is 0 Å². The highest BCUT2D eigenvalue weighted by atomic mass is 32.4. The van der Waals surface area contributed by atoms with Gasteiger partial charge in [0, 0.05) is 22.7 Å². The molecule has 0 saturated carbocycles. The summed E-state index contributed by atoms with van der Waals surface area (Å²) in [6.07, 6.45) is 0. The van der Waals surface area contributed by atoms with E-state index >= 15 is 0 Å². The van der Waals surface area contributed by atoms with Gasteiger partial charge in [0.25, 0.3) is 0 Å². The van der Waals surface area contributed by atoms with Gasteiger partial charge in [0.05, 0.1) is 0 Å². The molecule has 0 aliphatic carbocycles. The summed E-state index contributed by atoms with van der Waals surface area (Å²) >= 11 is 13.9. The molecule has 274 valence electrons. The highest BCUT2D eigenvalue weighted by molar-refractivity contribution is 8.26. The van der Waals surface area contributed by atoms with Gasteiger partial charge in [0.15, 0.2) is 0 Å². The summed E-state index contributed by atoms with van der Waals surface area (Å²) in [5.41, 5.74) is 2.64. The maximum atomic E-state index is 6.97. The second kappa shape index (κ2) is 18.2. The molecule has 0 aliphatic heterocycles. The Hall–Kier alpha value is -5.20. The fraction of sp³-hybridized carbons (Fsp3) is 0.0385. The molecule has 0 fully saturated rings. The standard InChI is InChI=1S/C38H28P2S2.2C7H8/c41-39(29-17-5-1-6-18-29,30-19-7-2-8-20-30)37-33-25-13-15-27-35(33)38(36-28-16-14-26-34(36)37)40(42,31-21-9-3-10-22-31)32-23-11-4-12-24-32;2*1-7-5-3-2-4-6-7/h1-28H;2*2-6H,1H3. The van der Waals surface area contributed by atoms with Crippen molar-refractivity contribution in [3.63, 3.8) is 0 Å². The average molecular weight is 795 g/mol. The summed E-state index contributed by atoms with van der Waals surface area (Å²) in [7, 11) is 0. The summed E-state index contributed by atoms with van der Waals surface area (Å²) in [6.45, 7) is 4.17.